The van der Waals surface area contributed by atoms with E-state index >= 15 is 0 Å². The average molecular weight is 487 g/mol. The van der Waals surface area contributed by atoms with Gasteiger partial charge in [0.1, 0.15) is 5.82 Å². The number of nitrogens with two attached hydrogens (primary N) is 1. The maximum absolute atomic E-state index is 12.7. The van der Waals surface area contributed by atoms with E-state index in [1.54, 1.807) is 12.3 Å². The van der Waals surface area contributed by atoms with Gasteiger partial charge in [0.05, 0.1) is 29.1 Å². The fourth-order valence-corrected chi connectivity index (χ4v) is 4.77. The lowest BCUT2D eigenvalue weighted by Gasteiger charge is -2.28. The molecular weight excluding hydrogens is 465 g/mol. The summed E-state index contributed by atoms with van der Waals surface area (Å²) in [6.07, 6.45) is -2.53. The highest BCUT2D eigenvalue weighted by molar-refractivity contribution is 7.17. The van der Waals surface area contributed by atoms with Crippen molar-refractivity contribution in [1.82, 2.24) is 9.97 Å². The third kappa shape index (κ3) is 4.92. The molecule has 10 heteroatoms. The van der Waals surface area contributed by atoms with Crippen LogP contribution in [0.1, 0.15) is 11.4 Å². The van der Waals surface area contributed by atoms with Gasteiger partial charge in [-0.1, -0.05) is 18.2 Å². The van der Waals surface area contributed by atoms with Crippen molar-refractivity contribution >= 4 is 32.9 Å². The van der Waals surface area contributed by atoms with Gasteiger partial charge in [0.15, 0.2) is 5.75 Å². The third-order valence-electron chi connectivity index (χ3n) is 5.59. The van der Waals surface area contributed by atoms with Crippen molar-refractivity contribution < 1.29 is 22.6 Å². The largest absolute Gasteiger partial charge is 0.573 e. The summed E-state index contributed by atoms with van der Waals surface area (Å²) in [6, 6.07) is 12.7. The highest BCUT2D eigenvalue weighted by atomic mass is 32.1. The predicted molar refractivity (Wildman–Crippen MR) is 126 cm³/mol. The highest BCUT2D eigenvalue weighted by Gasteiger charge is 2.32. The zero-order valence-electron chi connectivity index (χ0n) is 18.0. The van der Waals surface area contributed by atoms with Gasteiger partial charge in [0.2, 0.25) is 0 Å². The Balaban J connectivity index is 1.40. The number of morpholine rings is 1. The SMILES string of the molecule is Nc1ccc(-c2csc3cnc(Cc4ccc(N5CCOCC5)cc4)nc23)cc1OC(F)(F)F. The molecule has 1 aliphatic heterocycles. The molecule has 5 rings (SSSR count). The van der Waals surface area contributed by atoms with Crippen molar-refractivity contribution in [2.45, 2.75) is 12.8 Å². The minimum absolute atomic E-state index is 0.0866. The third-order valence-corrected chi connectivity index (χ3v) is 6.50. The number of fused-ring (bicyclic) bond motifs is 1. The summed E-state index contributed by atoms with van der Waals surface area (Å²) in [5, 5.41) is 1.85. The first-order valence-electron chi connectivity index (χ1n) is 10.7. The van der Waals surface area contributed by atoms with E-state index in [1.807, 2.05) is 5.38 Å². The van der Waals surface area contributed by atoms with Gasteiger partial charge in [-0.05, 0) is 35.4 Å². The number of hydrogen-bond acceptors (Lipinski definition) is 7. The van der Waals surface area contributed by atoms with Crippen LogP contribution in [0.4, 0.5) is 24.5 Å². The summed E-state index contributed by atoms with van der Waals surface area (Å²) >= 11 is 1.43. The van der Waals surface area contributed by atoms with Crippen molar-refractivity contribution in [3.63, 3.8) is 0 Å². The molecule has 2 aromatic heterocycles. The second-order valence-electron chi connectivity index (χ2n) is 7.89. The van der Waals surface area contributed by atoms with Crippen molar-refractivity contribution in [3.8, 4) is 16.9 Å². The molecule has 3 heterocycles. The molecule has 1 aliphatic rings. The van der Waals surface area contributed by atoms with Crippen LogP contribution in [-0.2, 0) is 11.2 Å². The number of nitrogen functional groups attached to an aromatic ring is 1. The van der Waals surface area contributed by atoms with E-state index < -0.39 is 12.1 Å². The number of halogens is 3. The van der Waals surface area contributed by atoms with Crippen molar-refractivity contribution in [3.05, 3.63) is 65.4 Å². The molecular formula is C24H21F3N4O2S. The average Bonchev–Trinajstić information content (AvgIpc) is 3.24. The number of nitrogens with zero attached hydrogens (tertiary/aromatic N) is 3. The Labute approximate surface area is 197 Å². The molecule has 1 saturated heterocycles. The van der Waals surface area contributed by atoms with Crippen LogP contribution in [0.25, 0.3) is 21.3 Å². The van der Waals surface area contributed by atoms with Crippen LogP contribution in [0.15, 0.2) is 54.0 Å². The monoisotopic (exact) mass is 486 g/mol. The number of hydrogen-bond donors (Lipinski definition) is 1. The van der Waals surface area contributed by atoms with Gasteiger partial charge in [0, 0.05) is 42.3 Å². The van der Waals surface area contributed by atoms with E-state index in [0.29, 0.717) is 28.9 Å². The summed E-state index contributed by atoms with van der Waals surface area (Å²) in [5.74, 6) is 0.201. The van der Waals surface area contributed by atoms with E-state index in [0.717, 1.165) is 42.3 Å². The van der Waals surface area contributed by atoms with Crippen LogP contribution >= 0.6 is 11.3 Å². The Morgan fingerprint density at radius 3 is 2.59 bits per heavy atom. The molecule has 0 aliphatic carbocycles. The van der Waals surface area contributed by atoms with Gasteiger partial charge in [-0.3, -0.25) is 0 Å². The van der Waals surface area contributed by atoms with Gasteiger partial charge < -0.3 is 20.1 Å². The first-order valence-corrected chi connectivity index (χ1v) is 11.5. The molecule has 0 spiro atoms. The zero-order valence-corrected chi connectivity index (χ0v) is 18.8. The number of benzene rings is 2. The minimum atomic E-state index is -4.82. The van der Waals surface area contributed by atoms with Crippen molar-refractivity contribution in [1.29, 1.82) is 0 Å². The van der Waals surface area contributed by atoms with Crippen LogP contribution in [0.2, 0.25) is 0 Å². The topological polar surface area (TPSA) is 73.5 Å². The number of rotatable bonds is 5. The lowest BCUT2D eigenvalue weighted by atomic mass is 10.1. The van der Waals surface area contributed by atoms with Gasteiger partial charge >= 0.3 is 6.36 Å². The van der Waals surface area contributed by atoms with Crippen LogP contribution in [0.3, 0.4) is 0 Å². The fraction of sp³-hybridized carbons (Fsp3) is 0.250. The molecule has 6 nitrogen and oxygen atoms in total. The van der Waals surface area contributed by atoms with Crippen LogP contribution in [-0.4, -0.2) is 42.6 Å². The van der Waals surface area contributed by atoms with E-state index in [-0.39, 0.29) is 5.69 Å². The maximum atomic E-state index is 12.7. The molecule has 0 radical (unpaired) electrons. The minimum Gasteiger partial charge on any atom is -0.404 e. The summed E-state index contributed by atoms with van der Waals surface area (Å²) < 4.78 is 48.5. The lowest BCUT2D eigenvalue weighted by Crippen LogP contribution is -2.36. The lowest BCUT2D eigenvalue weighted by molar-refractivity contribution is -0.274. The molecule has 0 saturated carbocycles. The molecule has 0 atom stereocenters. The Bertz CT molecular complexity index is 1300. The quantitative estimate of drug-likeness (QED) is 0.388. The van der Waals surface area contributed by atoms with Crippen LogP contribution in [0, 0.1) is 0 Å². The Morgan fingerprint density at radius 2 is 1.85 bits per heavy atom. The number of alkyl halides is 3. The smallest absolute Gasteiger partial charge is 0.404 e. The number of thiophene rings is 1. The van der Waals surface area contributed by atoms with Gasteiger partial charge in [-0.15, -0.1) is 24.5 Å². The molecule has 2 aromatic carbocycles. The van der Waals surface area contributed by atoms with E-state index in [9.17, 15) is 13.2 Å². The molecule has 4 aromatic rings. The zero-order chi connectivity index (χ0) is 23.7. The summed E-state index contributed by atoms with van der Waals surface area (Å²) in [5.41, 5.74) is 9.74. The Morgan fingerprint density at radius 1 is 1.09 bits per heavy atom. The molecule has 176 valence electrons. The second-order valence-corrected chi connectivity index (χ2v) is 8.80. The highest BCUT2D eigenvalue weighted by Crippen LogP contribution is 2.37. The molecule has 34 heavy (non-hydrogen) atoms. The van der Waals surface area contributed by atoms with Gasteiger partial charge in [-0.25, -0.2) is 9.97 Å². The molecule has 1 fully saturated rings. The maximum Gasteiger partial charge on any atom is 0.573 e. The van der Waals surface area contributed by atoms with Crippen LogP contribution < -0.4 is 15.4 Å². The van der Waals surface area contributed by atoms with Gasteiger partial charge in [-0.2, -0.15) is 0 Å². The first kappa shape index (κ1) is 22.4. The van der Waals surface area contributed by atoms with E-state index in [1.165, 1.54) is 23.5 Å². The van der Waals surface area contributed by atoms with Gasteiger partial charge in [0.25, 0.3) is 0 Å². The van der Waals surface area contributed by atoms with E-state index in [4.69, 9.17) is 15.5 Å². The summed E-state index contributed by atoms with van der Waals surface area (Å²) in [7, 11) is 0. The molecule has 2 N–H and O–H groups in total. The Kier molecular flexibility index (Phi) is 6.01. The Hall–Kier alpha value is -3.37. The number of aromatic nitrogens is 2. The fourth-order valence-electron chi connectivity index (χ4n) is 3.90. The van der Waals surface area contributed by atoms with Crippen molar-refractivity contribution in [2.75, 3.05) is 36.9 Å². The predicted octanol–water partition coefficient (Wildman–Crippen LogP) is 5.27. The summed E-state index contributed by atoms with van der Waals surface area (Å²) in [4.78, 5) is 11.5. The normalized spacial score (nSPS) is 14.5. The van der Waals surface area contributed by atoms with Crippen LogP contribution in [0.5, 0.6) is 5.75 Å². The standard InChI is InChI=1S/C24H21F3N4O2S/c25-24(26,27)33-20-12-16(3-6-19(20)28)18-14-34-21-13-29-22(30-23(18)21)11-15-1-4-17(5-2-15)31-7-9-32-10-8-31/h1-6,12-14H,7-11,28H2. The molecule has 0 unspecified atom stereocenters. The van der Waals surface area contributed by atoms with Crippen molar-refractivity contribution in [2.24, 2.45) is 0 Å². The summed E-state index contributed by atoms with van der Waals surface area (Å²) in [6.45, 7) is 3.22. The molecule has 0 amide bonds. The second kappa shape index (κ2) is 9.11. The number of ether oxygens (including phenoxy) is 2. The number of anilines is 2. The molecule has 0 bridgehead atoms. The first-order chi connectivity index (χ1) is 16.4. The van der Waals surface area contributed by atoms with E-state index in [2.05, 4.69) is 38.9 Å².